The Morgan fingerprint density at radius 2 is 1.65 bits per heavy atom. The highest BCUT2D eigenvalue weighted by Gasteiger charge is 2.11. The summed E-state index contributed by atoms with van der Waals surface area (Å²) in [5.74, 6) is 1.66. The van der Waals surface area contributed by atoms with Crippen LogP contribution in [-0.4, -0.2) is 30.2 Å². The summed E-state index contributed by atoms with van der Waals surface area (Å²) in [7, 11) is 2.98. The molecule has 0 bridgehead atoms. The molecule has 0 fully saturated rings. The van der Waals surface area contributed by atoms with Crippen molar-refractivity contribution in [3.8, 4) is 34.1 Å². The van der Waals surface area contributed by atoms with Crippen LogP contribution in [0.4, 0.5) is 0 Å². The molecule has 6 heteroatoms. The van der Waals surface area contributed by atoms with Crippen LogP contribution in [0.2, 0.25) is 0 Å². The monoisotopic (exact) mass is 414 g/mol. The summed E-state index contributed by atoms with van der Waals surface area (Å²) in [5, 5.41) is 0. The second kappa shape index (κ2) is 9.17. The zero-order chi connectivity index (χ0) is 21.6. The third-order valence-electron chi connectivity index (χ3n) is 4.87. The van der Waals surface area contributed by atoms with E-state index in [9.17, 15) is 4.79 Å². The number of hydrogen-bond acceptors (Lipinski definition) is 5. The third-order valence-corrected chi connectivity index (χ3v) is 4.87. The fraction of sp³-hybridized carbons (Fsp3) is 0.120. The maximum Gasteiger partial charge on any atom is 0.337 e. The Hall–Kier alpha value is -4.06. The Balaban J connectivity index is 1.52. The summed E-state index contributed by atoms with van der Waals surface area (Å²) < 4.78 is 16.2. The molecule has 6 nitrogen and oxygen atoms in total. The SMILES string of the molecule is COC(=O)c1ccc(-c2ncc(-c3ccc(OCc4ccccc4)c(OC)c3)[nH]2)cc1. The van der Waals surface area contributed by atoms with Crippen molar-refractivity contribution >= 4 is 5.97 Å². The third kappa shape index (κ3) is 4.59. The van der Waals surface area contributed by atoms with Gasteiger partial charge in [-0.25, -0.2) is 9.78 Å². The van der Waals surface area contributed by atoms with E-state index < -0.39 is 0 Å². The number of imidazole rings is 1. The topological polar surface area (TPSA) is 73.4 Å². The van der Waals surface area contributed by atoms with Gasteiger partial charge in [0.05, 0.1) is 31.7 Å². The van der Waals surface area contributed by atoms with Gasteiger partial charge in [0, 0.05) is 11.1 Å². The Bertz CT molecular complexity index is 1170. The molecule has 0 aliphatic rings. The minimum Gasteiger partial charge on any atom is -0.493 e. The number of carbonyl (C=O) groups is 1. The number of benzene rings is 3. The van der Waals surface area contributed by atoms with Crippen LogP contribution in [0.25, 0.3) is 22.6 Å². The number of carbonyl (C=O) groups excluding carboxylic acids is 1. The van der Waals surface area contributed by atoms with Gasteiger partial charge in [-0.3, -0.25) is 0 Å². The first-order valence-electron chi connectivity index (χ1n) is 9.77. The van der Waals surface area contributed by atoms with Crippen molar-refractivity contribution < 1.29 is 19.0 Å². The Labute approximate surface area is 180 Å². The van der Waals surface area contributed by atoms with Crippen LogP contribution < -0.4 is 9.47 Å². The second-order valence-corrected chi connectivity index (χ2v) is 6.85. The van der Waals surface area contributed by atoms with E-state index in [1.54, 1.807) is 25.4 Å². The molecule has 0 amide bonds. The van der Waals surface area contributed by atoms with Gasteiger partial charge < -0.3 is 19.2 Å². The molecule has 4 aromatic rings. The highest BCUT2D eigenvalue weighted by atomic mass is 16.5. The molecule has 0 radical (unpaired) electrons. The van der Waals surface area contributed by atoms with Crippen molar-refractivity contribution in [1.82, 2.24) is 9.97 Å². The number of nitrogens with one attached hydrogen (secondary N) is 1. The van der Waals surface area contributed by atoms with E-state index in [0.717, 1.165) is 22.4 Å². The van der Waals surface area contributed by atoms with Gasteiger partial charge in [-0.2, -0.15) is 0 Å². The van der Waals surface area contributed by atoms with E-state index in [1.165, 1.54) is 7.11 Å². The number of H-pyrrole nitrogens is 1. The predicted octanol–water partition coefficient (Wildman–Crippen LogP) is 5.12. The summed E-state index contributed by atoms with van der Waals surface area (Å²) in [6, 6.07) is 22.8. The molecule has 3 aromatic carbocycles. The molecule has 1 aromatic heterocycles. The van der Waals surface area contributed by atoms with Crippen molar-refractivity contribution in [2.24, 2.45) is 0 Å². The lowest BCUT2D eigenvalue weighted by Crippen LogP contribution is -2.00. The van der Waals surface area contributed by atoms with Gasteiger partial charge in [-0.1, -0.05) is 42.5 Å². The molecule has 156 valence electrons. The molecular formula is C25H22N2O4. The number of aromatic amines is 1. The second-order valence-electron chi connectivity index (χ2n) is 6.85. The fourth-order valence-electron chi connectivity index (χ4n) is 3.19. The van der Waals surface area contributed by atoms with E-state index in [-0.39, 0.29) is 5.97 Å². The molecule has 0 saturated carbocycles. The van der Waals surface area contributed by atoms with Crippen LogP contribution in [0.3, 0.4) is 0 Å². The standard InChI is InChI=1S/C25H22N2O4/c1-29-23-14-20(12-13-22(23)31-16-17-6-4-3-5-7-17)21-15-26-24(27-21)18-8-10-19(11-9-18)25(28)30-2/h3-15H,16H2,1-2H3,(H,26,27). The molecule has 1 N–H and O–H groups in total. The largest absolute Gasteiger partial charge is 0.493 e. The molecule has 0 unspecified atom stereocenters. The van der Waals surface area contributed by atoms with E-state index in [4.69, 9.17) is 14.2 Å². The highest BCUT2D eigenvalue weighted by Crippen LogP contribution is 2.33. The molecular weight excluding hydrogens is 392 g/mol. The van der Waals surface area contributed by atoms with Crippen LogP contribution in [0.15, 0.2) is 79.0 Å². The predicted molar refractivity (Wildman–Crippen MR) is 118 cm³/mol. The Kier molecular flexibility index (Phi) is 5.98. The minimum absolute atomic E-state index is 0.367. The lowest BCUT2D eigenvalue weighted by molar-refractivity contribution is 0.0600. The van der Waals surface area contributed by atoms with Crippen LogP contribution in [-0.2, 0) is 11.3 Å². The van der Waals surface area contributed by atoms with E-state index in [0.29, 0.717) is 29.5 Å². The average molecular weight is 414 g/mol. The van der Waals surface area contributed by atoms with E-state index in [1.807, 2.05) is 60.7 Å². The summed E-state index contributed by atoms with van der Waals surface area (Å²) in [6.45, 7) is 0.465. The maximum atomic E-state index is 11.6. The molecule has 0 spiro atoms. The average Bonchev–Trinajstić information content (AvgIpc) is 3.33. The van der Waals surface area contributed by atoms with Gasteiger partial charge in [0.15, 0.2) is 11.5 Å². The van der Waals surface area contributed by atoms with Gasteiger partial charge >= 0.3 is 5.97 Å². The lowest BCUT2D eigenvalue weighted by atomic mass is 10.1. The zero-order valence-electron chi connectivity index (χ0n) is 17.3. The summed E-state index contributed by atoms with van der Waals surface area (Å²) in [6.07, 6.45) is 1.77. The van der Waals surface area contributed by atoms with Crippen LogP contribution in [0, 0.1) is 0 Å². The van der Waals surface area contributed by atoms with Crippen molar-refractivity contribution in [1.29, 1.82) is 0 Å². The maximum absolute atomic E-state index is 11.6. The number of rotatable bonds is 7. The van der Waals surface area contributed by atoms with Crippen LogP contribution in [0.1, 0.15) is 15.9 Å². The smallest absolute Gasteiger partial charge is 0.337 e. The molecule has 0 aliphatic carbocycles. The first-order chi connectivity index (χ1) is 15.2. The number of ether oxygens (including phenoxy) is 3. The molecule has 0 aliphatic heterocycles. The van der Waals surface area contributed by atoms with E-state index >= 15 is 0 Å². The molecule has 0 saturated heterocycles. The number of nitrogens with zero attached hydrogens (tertiary/aromatic N) is 1. The van der Waals surface area contributed by atoms with Gasteiger partial charge in [-0.05, 0) is 35.9 Å². The van der Waals surface area contributed by atoms with Crippen molar-refractivity contribution in [2.75, 3.05) is 14.2 Å². The van der Waals surface area contributed by atoms with Gasteiger partial charge in [0.2, 0.25) is 0 Å². The highest BCUT2D eigenvalue weighted by molar-refractivity contribution is 5.89. The van der Waals surface area contributed by atoms with Crippen molar-refractivity contribution in [3.63, 3.8) is 0 Å². The first-order valence-corrected chi connectivity index (χ1v) is 9.77. The number of esters is 1. The molecule has 1 heterocycles. The van der Waals surface area contributed by atoms with Gasteiger partial charge in [0.25, 0.3) is 0 Å². The van der Waals surface area contributed by atoms with Crippen LogP contribution >= 0.6 is 0 Å². The molecule has 31 heavy (non-hydrogen) atoms. The normalized spacial score (nSPS) is 10.5. The quantitative estimate of drug-likeness (QED) is 0.425. The number of hydrogen-bond donors (Lipinski definition) is 1. The fourth-order valence-corrected chi connectivity index (χ4v) is 3.19. The van der Waals surface area contributed by atoms with Gasteiger partial charge in [0.1, 0.15) is 12.4 Å². The first kappa shape index (κ1) is 20.2. The molecule has 4 rings (SSSR count). The van der Waals surface area contributed by atoms with E-state index in [2.05, 4.69) is 9.97 Å². The van der Waals surface area contributed by atoms with Gasteiger partial charge in [-0.15, -0.1) is 0 Å². The number of aromatic nitrogens is 2. The van der Waals surface area contributed by atoms with Crippen molar-refractivity contribution in [3.05, 3.63) is 90.1 Å². The summed E-state index contributed by atoms with van der Waals surface area (Å²) in [5.41, 5.74) is 4.22. The summed E-state index contributed by atoms with van der Waals surface area (Å²) in [4.78, 5) is 19.4. The van der Waals surface area contributed by atoms with Crippen LogP contribution in [0.5, 0.6) is 11.5 Å². The van der Waals surface area contributed by atoms with Crippen molar-refractivity contribution in [2.45, 2.75) is 6.61 Å². The zero-order valence-corrected chi connectivity index (χ0v) is 17.3. The number of methoxy groups -OCH3 is 2. The minimum atomic E-state index is -0.367. The summed E-state index contributed by atoms with van der Waals surface area (Å²) >= 11 is 0. The molecule has 0 atom stereocenters. The Morgan fingerprint density at radius 3 is 2.35 bits per heavy atom. The Morgan fingerprint density at radius 1 is 0.903 bits per heavy atom. The lowest BCUT2D eigenvalue weighted by Gasteiger charge is -2.12.